The number of hydrogen-bond acceptors (Lipinski definition) is 7. The minimum absolute atomic E-state index is 0.131. The molecule has 0 amide bonds. The summed E-state index contributed by atoms with van der Waals surface area (Å²) in [6.45, 7) is 1.98. The van der Waals surface area contributed by atoms with Gasteiger partial charge in [-0.1, -0.05) is 24.3 Å². The Morgan fingerprint density at radius 2 is 1.82 bits per heavy atom. The summed E-state index contributed by atoms with van der Waals surface area (Å²) in [6, 6.07) is 16.1. The van der Waals surface area contributed by atoms with Crippen LogP contribution in [0.2, 0.25) is 0 Å². The van der Waals surface area contributed by atoms with Gasteiger partial charge >= 0.3 is 0 Å². The van der Waals surface area contributed by atoms with Crippen molar-refractivity contribution in [3.63, 3.8) is 0 Å². The summed E-state index contributed by atoms with van der Waals surface area (Å²) < 4.78 is 31.4. The minimum atomic E-state index is -4.28. The lowest BCUT2D eigenvalue weighted by atomic mass is 10.2. The summed E-state index contributed by atoms with van der Waals surface area (Å²) in [5, 5.41) is 16.5. The number of benzene rings is 2. The zero-order valence-electron chi connectivity index (χ0n) is 18.3. The maximum Gasteiger partial charge on any atom is 0.296 e. The molecule has 2 N–H and O–H groups in total. The van der Waals surface area contributed by atoms with Crippen LogP contribution >= 0.6 is 11.3 Å². The summed E-state index contributed by atoms with van der Waals surface area (Å²) in [5.74, 6) is 0. The predicted octanol–water partition coefficient (Wildman–Crippen LogP) is 3.87. The van der Waals surface area contributed by atoms with Crippen molar-refractivity contribution in [2.45, 2.75) is 18.4 Å². The molecule has 0 saturated heterocycles. The molecule has 4 aromatic rings. The molecule has 4 rings (SSSR count). The Bertz CT molecular complexity index is 1510. The highest BCUT2D eigenvalue weighted by Gasteiger charge is 2.25. The van der Waals surface area contributed by atoms with Crippen LogP contribution in [-0.4, -0.2) is 22.7 Å². The van der Waals surface area contributed by atoms with E-state index in [9.17, 15) is 23.3 Å². The number of rotatable bonds is 8. The van der Waals surface area contributed by atoms with E-state index in [0.29, 0.717) is 17.9 Å². The molecule has 10 nitrogen and oxygen atoms in total. The molecule has 2 heterocycles. The fourth-order valence-electron chi connectivity index (χ4n) is 3.45. The molecule has 0 radical (unpaired) electrons. The van der Waals surface area contributed by atoms with Crippen LogP contribution in [0.5, 0.6) is 0 Å². The number of para-hydroxylation sites is 1. The summed E-state index contributed by atoms with van der Waals surface area (Å²) in [7, 11) is -2.64. The Balaban J connectivity index is 1.67. The standard InChI is InChI=1S/C22H21N5O5S2/c1-15-21(22(28)26(25(15)2)16-7-4-3-5-8-16)24-34(31,32)18-10-11-19(20(13-18)27(29)30)23-14-17-9-6-12-33-17/h3-13,23-24H,14H2,1-2H3. The first-order chi connectivity index (χ1) is 16.2. The zero-order chi connectivity index (χ0) is 24.5. The first-order valence-electron chi connectivity index (χ1n) is 10.1. The Kier molecular flexibility index (Phi) is 6.26. The highest BCUT2D eigenvalue weighted by Crippen LogP contribution is 2.29. The molecule has 0 aliphatic carbocycles. The number of nitro benzene ring substituents is 1. The van der Waals surface area contributed by atoms with Crippen LogP contribution in [0.4, 0.5) is 17.1 Å². The van der Waals surface area contributed by atoms with Gasteiger partial charge in [0.1, 0.15) is 11.4 Å². The van der Waals surface area contributed by atoms with Crippen molar-refractivity contribution < 1.29 is 13.3 Å². The van der Waals surface area contributed by atoms with E-state index in [0.717, 1.165) is 10.9 Å². The van der Waals surface area contributed by atoms with Crippen molar-refractivity contribution in [3.05, 3.63) is 97.1 Å². The van der Waals surface area contributed by atoms with E-state index in [1.807, 2.05) is 17.5 Å². The Morgan fingerprint density at radius 3 is 2.47 bits per heavy atom. The van der Waals surface area contributed by atoms with Crippen LogP contribution in [0.3, 0.4) is 0 Å². The van der Waals surface area contributed by atoms with Crippen molar-refractivity contribution in [2.75, 3.05) is 10.0 Å². The summed E-state index contributed by atoms with van der Waals surface area (Å²) in [6.07, 6.45) is 0. The summed E-state index contributed by atoms with van der Waals surface area (Å²) in [5.41, 5.74) is 0.0829. The van der Waals surface area contributed by atoms with Crippen molar-refractivity contribution >= 4 is 38.4 Å². The molecule has 2 aromatic heterocycles. The molecular formula is C22H21N5O5S2. The van der Waals surface area contributed by atoms with Gasteiger partial charge in [-0.3, -0.25) is 24.3 Å². The van der Waals surface area contributed by atoms with Crippen LogP contribution in [0, 0.1) is 17.0 Å². The van der Waals surface area contributed by atoms with Crippen molar-refractivity contribution in [2.24, 2.45) is 7.05 Å². The third-order valence-corrected chi connectivity index (χ3v) is 7.52. The predicted molar refractivity (Wildman–Crippen MR) is 131 cm³/mol. The van der Waals surface area contributed by atoms with Crippen LogP contribution in [-0.2, 0) is 23.6 Å². The van der Waals surface area contributed by atoms with Crippen molar-refractivity contribution in [1.29, 1.82) is 0 Å². The highest BCUT2D eigenvalue weighted by molar-refractivity contribution is 7.92. The lowest BCUT2D eigenvalue weighted by Crippen LogP contribution is -2.23. The highest BCUT2D eigenvalue weighted by atomic mass is 32.2. The molecule has 0 aliphatic rings. The lowest BCUT2D eigenvalue weighted by Gasteiger charge is -2.10. The number of hydrogen-bond donors (Lipinski definition) is 2. The van der Waals surface area contributed by atoms with Gasteiger partial charge in [-0.05, 0) is 42.6 Å². The molecule has 2 aromatic carbocycles. The van der Waals surface area contributed by atoms with Gasteiger partial charge in [0, 0.05) is 24.5 Å². The molecule has 0 atom stereocenters. The average Bonchev–Trinajstić information content (AvgIpc) is 3.41. The second-order valence-electron chi connectivity index (χ2n) is 7.41. The van der Waals surface area contributed by atoms with Crippen molar-refractivity contribution in [3.8, 4) is 5.69 Å². The van der Waals surface area contributed by atoms with E-state index < -0.39 is 20.5 Å². The number of nitrogens with one attached hydrogen (secondary N) is 2. The van der Waals surface area contributed by atoms with Crippen LogP contribution in [0.1, 0.15) is 10.6 Å². The third kappa shape index (κ3) is 4.45. The maximum atomic E-state index is 13.1. The van der Waals surface area contributed by atoms with E-state index in [1.54, 1.807) is 44.3 Å². The first kappa shape index (κ1) is 23.3. The molecule has 0 fully saturated rings. The van der Waals surface area contributed by atoms with E-state index in [1.165, 1.54) is 32.8 Å². The van der Waals surface area contributed by atoms with Gasteiger partial charge in [0.2, 0.25) is 0 Å². The second-order valence-corrected chi connectivity index (χ2v) is 10.1. The van der Waals surface area contributed by atoms with E-state index in [2.05, 4.69) is 10.0 Å². The van der Waals surface area contributed by atoms with E-state index in [-0.39, 0.29) is 22.0 Å². The van der Waals surface area contributed by atoms with Crippen LogP contribution < -0.4 is 15.6 Å². The molecule has 0 saturated carbocycles. The van der Waals surface area contributed by atoms with Gasteiger partial charge in [-0.2, -0.15) is 0 Å². The SMILES string of the molecule is Cc1c(NS(=O)(=O)c2ccc(NCc3cccs3)c([N+](=O)[O-])c2)c(=O)n(-c2ccccc2)n1C. The summed E-state index contributed by atoms with van der Waals surface area (Å²) >= 11 is 1.50. The minimum Gasteiger partial charge on any atom is -0.375 e. The van der Waals surface area contributed by atoms with Crippen LogP contribution in [0.25, 0.3) is 5.69 Å². The van der Waals surface area contributed by atoms with E-state index in [4.69, 9.17) is 0 Å². The number of aromatic nitrogens is 2. The fourth-order valence-corrected chi connectivity index (χ4v) is 5.23. The normalized spacial score (nSPS) is 11.4. The van der Waals surface area contributed by atoms with Gasteiger partial charge in [-0.15, -0.1) is 11.3 Å². The molecule has 0 spiro atoms. The molecule has 0 aliphatic heterocycles. The van der Waals surface area contributed by atoms with Gasteiger partial charge < -0.3 is 5.32 Å². The Labute approximate surface area is 199 Å². The number of nitro groups is 1. The molecule has 34 heavy (non-hydrogen) atoms. The number of nitrogens with zero attached hydrogens (tertiary/aromatic N) is 3. The third-order valence-electron chi connectivity index (χ3n) is 5.30. The molecule has 12 heteroatoms. The second kappa shape index (κ2) is 9.15. The monoisotopic (exact) mass is 499 g/mol. The molecule has 176 valence electrons. The first-order valence-corrected chi connectivity index (χ1v) is 12.5. The zero-order valence-corrected chi connectivity index (χ0v) is 19.9. The fraction of sp³-hybridized carbons (Fsp3) is 0.136. The van der Waals surface area contributed by atoms with Gasteiger partial charge in [-0.25, -0.2) is 13.1 Å². The van der Waals surface area contributed by atoms with Crippen LogP contribution in [0.15, 0.2) is 75.7 Å². The van der Waals surface area contributed by atoms with Gasteiger partial charge in [0.05, 0.1) is 21.2 Å². The molecule has 0 unspecified atom stereocenters. The quantitative estimate of drug-likeness (QED) is 0.280. The smallest absolute Gasteiger partial charge is 0.296 e. The average molecular weight is 500 g/mol. The van der Waals surface area contributed by atoms with Gasteiger partial charge in [0.15, 0.2) is 0 Å². The summed E-state index contributed by atoms with van der Waals surface area (Å²) in [4.78, 5) is 24.7. The molecule has 0 bridgehead atoms. The lowest BCUT2D eigenvalue weighted by molar-refractivity contribution is -0.384. The van der Waals surface area contributed by atoms with E-state index >= 15 is 0 Å². The van der Waals surface area contributed by atoms with Gasteiger partial charge in [0.25, 0.3) is 21.3 Å². The number of anilines is 2. The Morgan fingerprint density at radius 1 is 1.09 bits per heavy atom. The largest absolute Gasteiger partial charge is 0.375 e. The topological polar surface area (TPSA) is 128 Å². The number of thiophene rings is 1. The number of sulfonamides is 1. The maximum absolute atomic E-state index is 13.1. The van der Waals surface area contributed by atoms with Crippen molar-refractivity contribution in [1.82, 2.24) is 9.36 Å². The molecular weight excluding hydrogens is 478 g/mol. The Hall–Kier alpha value is -3.90.